The Morgan fingerprint density at radius 1 is 1.07 bits per heavy atom. The number of hydrogen-bond acceptors (Lipinski definition) is 6. The number of thiazole rings is 1. The molecule has 0 radical (unpaired) electrons. The van der Waals surface area contributed by atoms with E-state index in [2.05, 4.69) is 10.3 Å². The van der Waals surface area contributed by atoms with Gasteiger partial charge in [-0.15, -0.1) is 11.3 Å². The number of carbonyl (C=O) groups is 1. The van der Waals surface area contributed by atoms with Gasteiger partial charge in [0.15, 0.2) is 16.6 Å². The first-order valence-corrected chi connectivity index (χ1v) is 10.0. The summed E-state index contributed by atoms with van der Waals surface area (Å²) in [5.74, 6) is 0.727. The smallest absolute Gasteiger partial charge is 0.261 e. The second-order valence-electron chi connectivity index (χ2n) is 5.88. The summed E-state index contributed by atoms with van der Waals surface area (Å²) in [5.41, 5.74) is 1.20. The van der Waals surface area contributed by atoms with Crippen molar-refractivity contribution in [3.8, 4) is 17.2 Å². The Morgan fingerprint density at radius 2 is 1.83 bits per heavy atom. The molecule has 1 amide bonds. The van der Waals surface area contributed by atoms with Crippen molar-refractivity contribution in [1.82, 2.24) is 4.98 Å². The molecule has 6 nitrogen and oxygen atoms in total. The van der Waals surface area contributed by atoms with E-state index in [1.54, 1.807) is 30.5 Å². The van der Waals surface area contributed by atoms with Crippen molar-refractivity contribution in [3.63, 3.8) is 0 Å². The number of benzene rings is 2. The number of halogens is 2. The lowest BCUT2D eigenvalue weighted by molar-refractivity contribution is 0.102. The van der Waals surface area contributed by atoms with E-state index in [1.807, 2.05) is 6.07 Å². The van der Waals surface area contributed by atoms with E-state index in [4.69, 9.17) is 37.4 Å². The molecule has 3 rings (SSSR count). The van der Waals surface area contributed by atoms with E-state index in [1.165, 1.54) is 32.7 Å². The Labute approximate surface area is 182 Å². The fraction of sp³-hybridized carbons (Fsp3) is 0.200. The zero-order valence-corrected chi connectivity index (χ0v) is 18.2. The molecule has 1 aromatic heterocycles. The van der Waals surface area contributed by atoms with Crippen molar-refractivity contribution in [2.24, 2.45) is 0 Å². The van der Waals surface area contributed by atoms with Crippen LogP contribution in [0.1, 0.15) is 20.8 Å². The minimum absolute atomic E-state index is 0.284. The molecule has 3 aromatic rings. The van der Waals surface area contributed by atoms with Gasteiger partial charge >= 0.3 is 0 Å². The highest BCUT2D eigenvalue weighted by Crippen LogP contribution is 2.40. The summed E-state index contributed by atoms with van der Waals surface area (Å²) in [6.45, 7) is 0. The molecule has 152 valence electrons. The van der Waals surface area contributed by atoms with Crippen LogP contribution in [-0.2, 0) is 6.42 Å². The van der Waals surface area contributed by atoms with E-state index in [9.17, 15) is 4.79 Å². The summed E-state index contributed by atoms with van der Waals surface area (Å²) in [6, 6.07) is 8.56. The van der Waals surface area contributed by atoms with E-state index in [0.29, 0.717) is 38.7 Å². The Bertz CT molecular complexity index is 1040. The van der Waals surface area contributed by atoms with Crippen LogP contribution in [0.4, 0.5) is 5.13 Å². The van der Waals surface area contributed by atoms with E-state index >= 15 is 0 Å². The number of hydrogen-bond donors (Lipinski definition) is 1. The fourth-order valence-corrected chi connectivity index (χ4v) is 3.97. The van der Waals surface area contributed by atoms with Gasteiger partial charge in [-0.1, -0.05) is 23.2 Å². The molecule has 0 bridgehead atoms. The van der Waals surface area contributed by atoms with Gasteiger partial charge in [-0.3, -0.25) is 10.1 Å². The Balaban J connectivity index is 1.79. The van der Waals surface area contributed by atoms with Gasteiger partial charge in [-0.2, -0.15) is 0 Å². The lowest BCUT2D eigenvalue weighted by atomic mass is 10.1. The van der Waals surface area contributed by atoms with Gasteiger partial charge in [-0.05, 0) is 35.9 Å². The number of aromatic nitrogens is 1. The number of amides is 1. The topological polar surface area (TPSA) is 69.7 Å². The van der Waals surface area contributed by atoms with Gasteiger partial charge in [0.25, 0.3) is 5.91 Å². The number of methoxy groups -OCH3 is 3. The average molecular weight is 453 g/mol. The molecule has 29 heavy (non-hydrogen) atoms. The van der Waals surface area contributed by atoms with Gasteiger partial charge in [-0.25, -0.2) is 4.98 Å². The Morgan fingerprint density at radius 3 is 2.52 bits per heavy atom. The Hall–Kier alpha value is -2.48. The molecule has 0 saturated heterocycles. The standard InChI is InChI=1S/C20H18Cl2N2O4S/c1-26-16-7-5-14(17(27-2)18(16)28-3)19(25)24-20-23-10-13(29-20)9-11-8-12(21)4-6-15(11)22/h4-8,10H,9H2,1-3H3,(H,23,24,25). The van der Waals surface area contributed by atoms with Gasteiger partial charge in [0, 0.05) is 27.5 Å². The monoisotopic (exact) mass is 452 g/mol. The zero-order chi connectivity index (χ0) is 21.0. The first-order valence-electron chi connectivity index (χ1n) is 8.45. The van der Waals surface area contributed by atoms with Crippen LogP contribution in [0.5, 0.6) is 17.2 Å². The normalized spacial score (nSPS) is 10.5. The Kier molecular flexibility index (Phi) is 6.84. The van der Waals surface area contributed by atoms with Crippen LogP contribution < -0.4 is 19.5 Å². The number of nitrogens with zero attached hydrogens (tertiary/aromatic N) is 1. The fourth-order valence-electron chi connectivity index (χ4n) is 2.76. The molecule has 0 spiro atoms. The van der Waals surface area contributed by atoms with Crippen molar-refractivity contribution in [1.29, 1.82) is 0 Å². The van der Waals surface area contributed by atoms with Crippen LogP contribution in [0.3, 0.4) is 0 Å². The first-order chi connectivity index (χ1) is 14.0. The van der Waals surface area contributed by atoms with Crippen molar-refractivity contribution >= 4 is 45.6 Å². The third-order valence-electron chi connectivity index (χ3n) is 4.10. The van der Waals surface area contributed by atoms with Crippen molar-refractivity contribution < 1.29 is 19.0 Å². The van der Waals surface area contributed by atoms with Crippen LogP contribution >= 0.6 is 34.5 Å². The molecule has 0 fully saturated rings. The van der Waals surface area contributed by atoms with E-state index in [0.717, 1.165) is 10.4 Å². The maximum atomic E-state index is 12.8. The number of rotatable bonds is 7. The molecule has 1 heterocycles. The SMILES string of the molecule is COc1ccc(C(=O)Nc2ncc(Cc3cc(Cl)ccc3Cl)s2)c(OC)c1OC. The predicted molar refractivity (Wildman–Crippen MR) is 115 cm³/mol. The molecule has 0 unspecified atom stereocenters. The highest BCUT2D eigenvalue weighted by Gasteiger charge is 2.21. The molecule has 0 saturated carbocycles. The van der Waals surface area contributed by atoms with Crippen LogP contribution in [0.15, 0.2) is 36.5 Å². The highest BCUT2D eigenvalue weighted by molar-refractivity contribution is 7.15. The molecule has 2 aromatic carbocycles. The maximum Gasteiger partial charge on any atom is 0.261 e. The molecule has 0 aliphatic rings. The summed E-state index contributed by atoms with van der Waals surface area (Å²) in [7, 11) is 4.46. The predicted octanol–water partition coefficient (Wildman–Crippen LogP) is 5.32. The molecular formula is C20H18Cl2N2O4S. The highest BCUT2D eigenvalue weighted by atomic mass is 35.5. The minimum atomic E-state index is -0.371. The third kappa shape index (κ3) is 4.75. The summed E-state index contributed by atoms with van der Waals surface area (Å²) >= 11 is 13.6. The number of ether oxygens (including phenoxy) is 3. The first kappa shape index (κ1) is 21.2. The number of nitrogens with one attached hydrogen (secondary N) is 1. The summed E-state index contributed by atoms with van der Waals surface area (Å²) in [4.78, 5) is 18.0. The average Bonchev–Trinajstić information content (AvgIpc) is 3.15. The van der Waals surface area contributed by atoms with Crippen molar-refractivity contribution in [2.75, 3.05) is 26.6 Å². The zero-order valence-electron chi connectivity index (χ0n) is 15.9. The van der Waals surface area contributed by atoms with E-state index in [-0.39, 0.29) is 11.7 Å². The molecule has 0 aliphatic heterocycles. The molecule has 1 N–H and O–H groups in total. The van der Waals surface area contributed by atoms with Gasteiger partial charge in [0.05, 0.1) is 26.9 Å². The molecule has 9 heteroatoms. The van der Waals surface area contributed by atoms with Gasteiger partial charge < -0.3 is 14.2 Å². The summed E-state index contributed by atoms with van der Waals surface area (Å²) < 4.78 is 15.9. The lowest BCUT2D eigenvalue weighted by Crippen LogP contribution is -2.13. The number of anilines is 1. The van der Waals surface area contributed by atoms with Gasteiger partial charge in [0.1, 0.15) is 0 Å². The molecular weight excluding hydrogens is 435 g/mol. The quantitative estimate of drug-likeness (QED) is 0.525. The van der Waals surface area contributed by atoms with Crippen LogP contribution in [0.25, 0.3) is 0 Å². The van der Waals surface area contributed by atoms with Crippen molar-refractivity contribution in [2.45, 2.75) is 6.42 Å². The minimum Gasteiger partial charge on any atom is -0.493 e. The van der Waals surface area contributed by atoms with E-state index < -0.39 is 0 Å². The maximum absolute atomic E-state index is 12.8. The summed E-state index contributed by atoms with van der Waals surface area (Å²) in [6.07, 6.45) is 2.26. The third-order valence-corrected chi connectivity index (χ3v) is 5.61. The summed E-state index contributed by atoms with van der Waals surface area (Å²) in [5, 5.41) is 4.49. The van der Waals surface area contributed by atoms with Crippen LogP contribution in [0.2, 0.25) is 10.0 Å². The lowest BCUT2D eigenvalue weighted by Gasteiger charge is -2.15. The van der Waals surface area contributed by atoms with Crippen LogP contribution in [0, 0.1) is 0 Å². The number of carbonyl (C=O) groups excluding carboxylic acids is 1. The molecule has 0 atom stereocenters. The molecule has 0 aliphatic carbocycles. The van der Waals surface area contributed by atoms with Gasteiger partial charge in [0.2, 0.25) is 5.75 Å². The van der Waals surface area contributed by atoms with Crippen LogP contribution in [-0.4, -0.2) is 32.2 Å². The second kappa shape index (κ2) is 9.35. The second-order valence-corrected chi connectivity index (χ2v) is 7.84. The largest absolute Gasteiger partial charge is 0.493 e. The van der Waals surface area contributed by atoms with Crippen molar-refractivity contribution in [3.05, 3.63) is 62.6 Å².